The summed E-state index contributed by atoms with van der Waals surface area (Å²) < 4.78 is 36.7. The Morgan fingerprint density at radius 2 is 1.85 bits per heavy atom. The minimum absolute atomic E-state index is 0.0957. The van der Waals surface area contributed by atoms with Crippen LogP contribution >= 0.6 is 27.5 Å². The van der Waals surface area contributed by atoms with E-state index in [1.54, 1.807) is 6.92 Å². The molecule has 0 aliphatic rings. The molecule has 0 radical (unpaired) electrons. The van der Waals surface area contributed by atoms with Gasteiger partial charge >= 0.3 is 6.18 Å². The highest BCUT2D eigenvalue weighted by atomic mass is 79.9. The SMILES string of the molecule is Cc1ccc(C(F)(F)F)c(Br)c1Cl. The first-order chi connectivity index (χ1) is 5.84. The molecular weight excluding hydrogens is 268 g/mol. The molecule has 0 amide bonds. The molecule has 0 saturated heterocycles. The quantitative estimate of drug-likeness (QED) is 0.656. The molecule has 0 N–H and O–H groups in total. The first-order valence-corrected chi connectivity index (χ1v) is 4.53. The molecule has 0 saturated carbocycles. The summed E-state index contributed by atoms with van der Waals surface area (Å²) >= 11 is 8.46. The molecule has 0 heterocycles. The van der Waals surface area contributed by atoms with E-state index >= 15 is 0 Å². The Hall–Kier alpha value is -0.220. The number of halogens is 5. The summed E-state index contributed by atoms with van der Waals surface area (Å²) in [5.41, 5.74) is -0.135. The summed E-state index contributed by atoms with van der Waals surface area (Å²) in [4.78, 5) is 0. The van der Waals surface area contributed by atoms with Crippen LogP contribution in [0.4, 0.5) is 13.2 Å². The first-order valence-electron chi connectivity index (χ1n) is 3.36. The van der Waals surface area contributed by atoms with E-state index < -0.39 is 11.7 Å². The van der Waals surface area contributed by atoms with Crippen molar-refractivity contribution in [2.45, 2.75) is 13.1 Å². The minimum atomic E-state index is -4.36. The zero-order chi connectivity index (χ0) is 10.2. The van der Waals surface area contributed by atoms with E-state index in [-0.39, 0.29) is 9.50 Å². The predicted molar refractivity (Wildman–Crippen MR) is 48.9 cm³/mol. The van der Waals surface area contributed by atoms with Crippen LogP contribution in [-0.4, -0.2) is 0 Å². The van der Waals surface area contributed by atoms with Gasteiger partial charge in [0.2, 0.25) is 0 Å². The Bertz CT molecular complexity index is 333. The summed E-state index contributed by atoms with van der Waals surface area (Å²) in [6, 6.07) is 2.35. The van der Waals surface area contributed by atoms with E-state index in [4.69, 9.17) is 11.6 Å². The van der Waals surface area contributed by atoms with Gasteiger partial charge in [-0.2, -0.15) is 13.2 Å². The third kappa shape index (κ3) is 2.17. The second-order valence-electron chi connectivity index (χ2n) is 2.56. The molecule has 0 aliphatic carbocycles. The molecule has 1 rings (SSSR count). The molecular formula is C8H5BrClF3. The van der Waals surface area contributed by atoms with Gasteiger partial charge in [-0.05, 0) is 34.5 Å². The molecule has 0 nitrogen and oxygen atoms in total. The lowest BCUT2D eigenvalue weighted by Crippen LogP contribution is -2.06. The van der Waals surface area contributed by atoms with E-state index in [0.717, 1.165) is 6.07 Å². The Morgan fingerprint density at radius 1 is 1.31 bits per heavy atom. The number of rotatable bonds is 0. The number of aryl methyl sites for hydroxylation is 1. The van der Waals surface area contributed by atoms with Crippen molar-refractivity contribution in [3.8, 4) is 0 Å². The normalized spacial score (nSPS) is 11.8. The molecule has 13 heavy (non-hydrogen) atoms. The fourth-order valence-electron chi connectivity index (χ4n) is 0.865. The van der Waals surface area contributed by atoms with Gasteiger partial charge in [0.1, 0.15) is 0 Å². The minimum Gasteiger partial charge on any atom is -0.166 e. The maximum Gasteiger partial charge on any atom is 0.417 e. The van der Waals surface area contributed by atoms with Crippen molar-refractivity contribution in [2.24, 2.45) is 0 Å². The largest absolute Gasteiger partial charge is 0.417 e. The van der Waals surface area contributed by atoms with Gasteiger partial charge in [-0.25, -0.2) is 0 Å². The van der Waals surface area contributed by atoms with Crippen LogP contribution in [0.3, 0.4) is 0 Å². The number of benzene rings is 1. The van der Waals surface area contributed by atoms with Crippen LogP contribution in [0.1, 0.15) is 11.1 Å². The van der Waals surface area contributed by atoms with Crippen LogP contribution in [0.25, 0.3) is 0 Å². The van der Waals surface area contributed by atoms with Crippen molar-refractivity contribution < 1.29 is 13.2 Å². The zero-order valence-corrected chi connectivity index (χ0v) is 8.89. The van der Waals surface area contributed by atoms with Gasteiger partial charge in [0.25, 0.3) is 0 Å². The van der Waals surface area contributed by atoms with Gasteiger partial charge in [0.05, 0.1) is 10.6 Å². The maximum atomic E-state index is 12.3. The summed E-state index contributed by atoms with van der Waals surface area (Å²) in [5.74, 6) is 0. The molecule has 0 spiro atoms. The van der Waals surface area contributed by atoms with Gasteiger partial charge in [-0.3, -0.25) is 0 Å². The van der Waals surface area contributed by atoms with Crippen LogP contribution in [0.5, 0.6) is 0 Å². The van der Waals surface area contributed by atoms with E-state index in [2.05, 4.69) is 15.9 Å². The highest BCUT2D eigenvalue weighted by molar-refractivity contribution is 9.10. The highest BCUT2D eigenvalue weighted by Gasteiger charge is 2.33. The summed E-state index contributed by atoms with van der Waals surface area (Å²) in [6.45, 7) is 1.65. The predicted octanol–water partition coefficient (Wildman–Crippen LogP) is 4.43. The molecule has 72 valence electrons. The fourth-order valence-corrected chi connectivity index (χ4v) is 1.70. The molecule has 1 aromatic carbocycles. The summed E-state index contributed by atoms with van der Waals surface area (Å²) in [6.07, 6.45) is -4.36. The number of hydrogen-bond donors (Lipinski definition) is 0. The number of hydrogen-bond acceptors (Lipinski definition) is 0. The van der Waals surface area contributed by atoms with Gasteiger partial charge < -0.3 is 0 Å². The lowest BCUT2D eigenvalue weighted by atomic mass is 10.1. The maximum absolute atomic E-state index is 12.3. The average molecular weight is 273 g/mol. The monoisotopic (exact) mass is 272 g/mol. The average Bonchev–Trinajstić information content (AvgIpc) is 1.98. The van der Waals surface area contributed by atoms with Crippen molar-refractivity contribution in [3.63, 3.8) is 0 Å². The molecule has 0 fully saturated rings. The summed E-state index contributed by atoms with van der Waals surface area (Å²) in [7, 11) is 0. The molecule has 5 heteroatoms. The zero-order valence-electron chi connectivity index (χ0n) is 6.54. The standard InChI is InChI=1S/C8H5BrClF3/c1-4-2-3-5(8(11,12)13)6(9)7(4)10/h2-3H,1H3. The Morgan fingerprint density at radius 3 is 2.31 bits per heavy atom. The van der Waals surface area contributed by atoms with Gasteiger partial charge in [0.15, 0.2) is 0 Å². The van der Waals surface area contributed by atoms with Crippen molar-refractivity contribution in [2.75, 3.05) is 0 Å². The first kappa shape index (κ1) is 10.9. The van der Waals surface area contributed by atoms with Crippen molar-refractivity contribution in [1.29, 1.82) is 0 Å². The van der Waals surface area contributed by atoms with E-state index in [9.17, 15) is 13.2 Å². The number of alkyl halides is 3. The topological polar surface area (TPSA) is 0 Å². The van der Waals surface area contributed by atoms with Crippen LogP contribution in [-0.2, 0) is 6.18 Å². The van der Waals surface area contributed by atoms with E-state index in [0.29, 0.717) is 5.56 Å². The van der Waals surface area contributed by atoms with Gasteiger partial charge in [0, 0.05) is 4.47 Å². The highest BCUT2D eigenvalue weighted by Crippen LogP contribution is 2.39. The van der Waals surface area contributed by atoms with Crippen LogP contribution < -0.4 is 0 Å². The smallest absolute Gasteiger partial charge is 0.166 e. The second-order valence-corrected chi connectivity index (χ2v) is 3.73. The van der Waals surface area contributed by atoms with Crippen molar-refractivity contribution in [1.82, 2.24) is 0 Å². The fraction of sp³-hybridized carbons (Fsp3) is 0.250. The molecule has 0 bridgehead atoms. The molecule has 0 aromatic heterocycles. The van der Waals surface area contributed by atoms with E-state index in [1.807, 2.05) is 0 Å². The summed E-state index contributed by atoms with van der Waals surface area (Å²) in [5, 5.41) is 0.106. The van der Waals surface area contributed by atoms with Gasteiger partial charge in [-0.1, -0.05) is 17.7 Å². The molecule has 1 aromatic rings. The Kier molecular flexibility index (Phi) is 2.92. The lowest BCUT2D eigenvalue weighted by molar-refractivity contribution is -0.138. The molecule has 0 atom stereocenters. The Balaban J connectivity index is 3.35. The third-order valence-electron chi connectivity index (χ3n) is 1.58. The molecule has 0 unspecified atom stereocenters. The van der Waals surface area contributed by atoms with Crippen LogP contribution in [0.2, 0.25) is 5.02 Å². The lowest BCUT2D eigenvalue weighted by Gasteiger charge is -2.11. The van der Waals surface area contributed by atoms with Crippen molar-refractivity contribution in [3.05, 3.63) is 32.8 Å². The third-order valence-corrected chi connectivity index (χ3v) is 3.12. The second kappa shape index (κ2) is 3.50. The van der Waals surface area contributed by atoms with Crippen LogP contribution in [0.15, 0.2) is 16.6 Å². The van der Waals surface area contributed by atoms with E-state index in [1.165, 1.54) is 6.07 Å². The van der Waals surface area contributed by atoms with Gasteiger partial charge in [-0.15, -0.1) is 0 Å². The molecule has 0 aliphatic heterocycles. The van der Waals surface area contributed by atoms with Crippen LogP contribution in [0, 0.1) is 6.92 Å². The van der Waals surface area contributed by atoms with Crippen molar-refractivity contribution >= 4 is 27.5 Å². The Labute approximate surface area is 86.8 Å².